The van der Waals surface area contributed by atoms with Crippen LogP contribution in [0.1, 0.15) is 31.4 Å². The van der Waals surface area contributed by atoms with Gasteiger partial charge in [0.1, 0.15) is 0 Å². The van der Waals surface area contributed by atoms with Crippen LogP contribution in [0.15, 0.2) is 48.5 Å². The van der Waals surface area contributed by atoms with Gasteiger partial charge in [0.25, 0.3) is 0 Å². The molecule has 0 radical (unpaired) electrons. The molecule has 0 heterocycles. The van der Waals surface area contributed by atoms with Gasteiger partial charge in [0, 0.05) is 17.9 Å². The third-order valence-electron chi connectivity index (χ3n) is 3.99. The maximum absolute atomic E-state index is 12.2. The Morgan fingerprint density at radius 3 is 2.21 bits per heavy atom. The van der Waals surface area contributed by atoms with E-state index < -0.39 is 6.04 Å². The number of carbonyl (C=O) groups is 2. The molecule has 1 atom stereocenters. The van der Waals surface area contributed by atoms with Gasteiger partial charge in [-0.2, -0.15) is 0 Å². The normalized spacial score (nSPS) is 11.3. The Balaban J connectivity index is 0.00000392. The van der Waals surface area contributed by atoms with Crippen LogP contribution in [0.3, 0.4) is 0 Å². The number of hydrogen-bond donors (Lipinski definition) is 4. The number of amides is 3. The van der Waals surface area contributed by atoms with Crippen LogP contribution in [-0.4, -0.2) is 18.0 Å². The van der Waals surface area contributed by atoms with Gasteiger partial charge in [0.2, 0.25) is 5.91 Å². The molecule has 0 aliphatic carbocycles. The van der Waals surface area contributed by atoms with Gasteiger partial charge >= 0.3 is 6.03 Å². The van der Waals surface area contributed by atoms with Crippen molar-refractivity contribution in [1.82, 2.24) is 5.32 Å². The first-order chi connectivity index (χ1) is 12.8. The number of anilines is 2. The predicted molar refractivity (Wildman–Crippen MR) is 117 cm³/mol. The zero-order valence-corrected chi connectivity index (χ0v) is 17.3. The van der Waals surface area contributed by atoms with E-state index in [4.69, 9.17) is 5.73 Å². The van der Waals surface area contributed by atoms with E-state index in [0.717, 1.165) is 16.8 Å². The minimum Gasteiger partial charge on any atom is -0.351 e. The third-order valence-corrected chi connectivity index (χ3v) is 3.99. The summed E-state index contributed by atoms with van der Waals surface area (Å²) in [5.41, 5.74) is 9.22. The van der Waals surface area contributed by atoms with Gasteiger partial charge in [-0.15, -0.1) is 12.4 Å². The van der Waals surface area contributed by atoms with E-state index in [1.807, 2.05) is 63.2 Å². The van der Waals surface area contributed by atoms with E-state index in [2.05, 4.69) is 16.0 Å². The molecule has 0 aliphatic heterocycles. The van der Waals surface area contributed by atoms with Crippen LogP contribution in [0, 0.1) is 12.8 Å². The molecule has 28 heavy (non-hydrogen) atoms. The van der Waals surface area contributed by atoms with Crippen LogP contribution in [0.5, 0.6) is 0 Å². The Bertz CT molecular complexity index is 795. The number of urea groups is 1. The second kappa shape index (κ2) is 11.3. The fourth-order valence-electron chi connectivity index (χ4n) is 2.71. The summed E-state index contributed by atoms with van der Waals surface area (Å²) in [7, 11) is 0. The van der Waals surface area contributed by atoms with E-state index in [-0.39, 0.29) is 24.3 Å². The molecule has 0 aliphatic rings. The van der Waals surface area contributed by atoms with Crippen molar-refractivity contribution in [2.45, 2.75) is 39.8 Å². The molecule has 0 saturated carbocycles. The molecule has 0 bridgehead atoms. The second-order valence-electron chi connectivity index (χ2n) is 7.10. The number of halogens is 1. The Kier molecular flexibility index (Phi) is 9.48. The van der Waals surface area contributed by atoms with Crippen LogP contribution in [0.25, 0.3) is 0 Å². The SMILES string of the molecule is Cc1cccc(NC(=O)Nc2cccc(CNC(=O)[C@@H](N)CC(C)C)c2)c1.Cl. The Morgan fingerprint density at radius 2 is 1.61 bits per heavy atom. The summed E-state index contributed by atoms with van der Waals surface area (Å²) in [5, 5.41) is 8.44. The highest BCUT2D eigenvalue weighted by atomic mass is 35.5. The largest absolute Gasteiger partial charge is 0.351 e. The van der Waals surface area contributed by atoms with Gasteiger partial charge in [-0.25, -0.2) is 4.79 Å². The first-order valence-electron chi connectivity index (χ1n) is 9.10. The summed E-state index contributed by atoms with van der Waals surface area (Å²) < 4.78 is 0. The van der Waals surface area contributed by atoms with Crippen molar-refractivity contribution in [2.75, 3.05) is 10.6 Å². The molecule has 6 nitrogen and oxygen atoms in total. The quantitative estimate of drug-likeness (QED) is 0.560. The Labute approximate surface area is 172 Å². The van der Waals surface area contributed by atoms with Gasteiger partial charge in [0.05, 0.1) is 6.04 Å². The number of benzene rings is 2. The van der Waals surface area contributed by atoms with Gasteiger partial charge in [0.15, 0.2) is 0 Å². The Hall–Kier alpha value is -2.57. The number of hydrogen-bond acceptors (Lipinski definition) is 3. The molecule has 2 rings (SSSR count). The maximum Gasteiger partial charge on any atom is 0.323 e. The van der Waals surface area contributed by atoms with Crippen LogP contribution in [0.2, 0.25) is 0 Å². The standard InChI is InChI=1S/C21H28N4O2.ClH/c1-14(2)10-19(22)20(26)23-13-16-7-5-9-18(12-16)25-21(27)24-17-8-4-6-15(3)11-17;/h4-9,11-12,14,19H,10,13,22H2,1-3H3,(H,23,26)(H2,24,25,27);1H/t19-;/m0./s1. The Morgan fingerprint density at radius 1 is 1.00 bits per heavy atom. The van der Waals surface area contributed by atoms with Crippen LogP contribution >= 0.6 is 12.4 Å². The molecule has 7 heteroatoms. The third kappa shape index (κ3) is 7.98. The topological polar surface area (TPSA) is 96.2 Å². The summed E-state index contributed by atoms with van der Waals surface area (Å²) >= 11 is 0. The van der Waals surface area contributed by atoms with E-state index in [0.29, 0.717) is 24.6 Å². The zero-order chi connectivity index (χ0) is 19.8. The van der Waals surface area contributed by atoms with Crippen molar-refractivity contribution in [2.24, 2.45) is 11.7 Å². The highest BCUT2D eigenvalue weighted by Crippen LogP contribution is 2.13. The summed E-state index contributed by atoms with van der Waals surface area (Å²) in [4.78, 5) is 24.2. The monoisotopic (exact) mass is 404 g/mol. The summed E-state index contributed by atoms with van der Waals surface area (Å²) in [5.74, 6) is 0.199. The van der Waals surface area contributed by atoms with E-state index in [9.17, 15) is 9.59 Å². The first kappa shape index (κ1) is 23.5. The summed E-state index contributed by atoms with van der Waals surface area (Å²) in [6.07, 6.45) is 0.645. The fourth-order valence-corrected chi connectivity index (χ4v) is 2.71. The van der Waals surface area contributed by atoms with Crippen molar-refractivity contribution in [3.05, 3.63) is 59.7 Å². The molecule has 0 spiro atoms. The molecule has 3 amide bonds. The van der Waals surface area contributed by atoms with Gasteiger partial charge in [-0.3, -0.25) is 4.79 Å². The summed E-state index contributed by atoms with van der Waals surface area (Å²) in [6.45, 7) is 6.39. The molecule has 152 valence electrons. The fraction of sp³-hybridized carbons (Fsp3) is 0.333. The van der Waals surface area contributed by atoms with Crippen molar-refractivity contribution in [3.8, 4) is 0 Å². The average molecular weight is 405 g/mol. The highest BCUT2D eigenvalue weighted by molar-refractivity contribution is 5.99. The van der Waals surface area contributed by atoms with Crippen LogP contribution in [0.4, 0.5) is 16.2 Å². The lowest BCUT2D eigenvalue weighted by atomic mass is 10.0. The molecule has 5 N–H and O–H groups in total. The molecule has 0 aromatic heterocycles. The molecule has 0 unspecified atom stereocenters. The van der Waals surface area contributed by atoms with Crippen LogP contribution in [-0.2, 0) is 11.3 Å². The van der Waals surface area contributed by atoms with Gasteiger partial charge in [-0.1, -0.05) is 38.1 Å². The van der Waals surface area contributed by atoms with Crippen molar-refractivity contribution in [3.63, 3.8) is 0 Å². The number of aryl methyl sites for hydroxylation is 1. The smallest absolute Gasteiger partial charge is 0.323 e. The minimum atomic E-state index is -0.508. The van der Waals surface area contributed by atoms with E-state index in [1.165, 1.54) is 0 Å². The summed E-state index contributed by atoms with van der Waals surface area (Å²) in [6, 6.07) is 14.1. The molecular formula is C21H29ClN4O2. The number of nitrogens with two attached hydrogens (primary N) is 1. The molecule has 0 fully saturated rings. The molecule has 2 aromatic carbocycles. The first-order valence-corrected chi connectivity index (χ1v) is 9.10. The van der Waals surface area contributed by atoms with Gasteiger partial charge in [-0.05, 0) is 54.7 Å². The zero-order valence-electron chi connectivity index (χ0n) is 16.5. The van der Waals surface area contributed by atoms with E-state index >= 15 is 0 Å². The van der Waals surface area contributed by atoms with Crippen molar-refractivity contribution >= 4 is 35.7 Å². The lowest BCUT2D eigenvalue weighted by molar-refractivity contribution is -0.122. The maximum atomic E-state index is 12.2. The number of carbonyl (C=O) groups excluding carboxylic acids is 2. The predicted octanol–water partition coefficient (Wildman–Crippen LogP) is 4.05. The second-order valence-corrected chi connectivity index (χ2v) is 7.10. The number of rotatable bonds is 7. The average Bonchev–Trinajstić information content (AvgIpc) is 2.59. The minimum absolute atomic E-state index is 0. The lowest BCUT2D eigenvalue weighted by Gasteiger charge is -2.14. The van der Waals surface area contributed by atoms with Crippen molar-refractivity contribution in [1.29, 1.82) is 0 Å². The van der Waals surface area contributed by atoms with Crippen molar-refractivity contribution < 1.29 is 9.59 Å². The number of nitrogens with one attached hydrogen (secondary N) is 3. The molecular weight excluding hydrogens is 376 g/mol. The highest BCUT2D eigenvalue weighted by Gasteiger charge is 2.14. The van der Waals surface area contributed by atoms with Crippen LogP contribution < -0.4 is 21.7 Å². The lowest BCUT2D eigenvalue weighted by Crippen LogP contribution is -2.41. The molecule has 2 aromatic rings. The molecule has 0 saturated heterocycles. The van der Waals surface area contributed by atoms with Gasteiger partial charge < -0.3 is 21.7 Å². The van der Waals surface area contributed by atoms with E-state index in [1.54, 1.807) is 6.07 Å².